The molecule has 1 aliphatic carbocycles. The van der Waals surface area contributed by atoms with E-state index in [9.17, 15) is 10.2 Å². The Hall–Kier alpha value is -1.51. The molecule has 1 aliphatic rings. The van der Waals surface area contributed by atoms with Crippen LogP contribution in [0.5, 0.6) is 0 Å². The molecule has 1 rings (SSSR count). The Morgan fingerprint density at radius 2 is 2.08 bits per heavy atom. The summed E-state index contributed by atoms with van der Waals surface area (Å²) in [5, 5.41) is 37.0. The average Bonchev–Trinajstić information content (AvgIpc) is 2.31. The lowest BCUT2D eigenvalue weighted by molar-refractivity contribution is -0.0279. The Morgan fingerprint density at radius 1 is 1.54 bits per heavy atom. The van der Waals surface area contributed by atoms with E-state index in [0.29, 0.717) is 0 Å². The molecule has 13 heavy (non-hydrogen) atoms. The smallest absolute Gasteiger partial charge is 0.230 e. The summed E-state index contributed by atoms with van der Waals surface area (Å²) < 4.78 is 0. The third kappa shape index (κ3) is 1.16. The Bertz CT molecular complexity index is 337. The van der Waals surface area contributed by atoms with E-state index < -0.39 is 23.2 Å². The van der Waals surface area contributed by atoms with Crippen molar-refractivity contribution in [3.63, 3.8) is 0 Å². The third-order valence-corrected chi connectivity index (χ3v) is 1.96. The standard InChI is InChI=1S/C8H9NO4/c1-4(10)8(13)3-5(9-2)6(11)7(8)12/h3-4,10-13H,1H3. The third-order valence-electron chi connectivity index (χ3n) is 1.96. The minimum atomic E-state index is -2.04. The molecule has 0 bridgehead atoms. The highest BCUT2D eigenvalue weighted by molar-refractivity contribution is 5.47. The quantitative estimate of drug-likeness (QED) is 0.439. The van der Waals surface area contributed by atoms with Crippen LogP contribution in [0.15, 0.2) is 23.3 Å². The van der Waals surface area contributed by atoms with Crippen LogP contribution in [-0.4, -0.2) is 32.1 Å². The van der Waals surface area contributed by atoms with Crippen molar-refractivity contribution in [2.45, 2.75) is 18.6 Å². The second-order valence-electron chi connectivity index (χ2n) is 2.84. The summed E-state index contributed by atoms with van der Waals surface area (Å²) in [6, 6.07) is 0. The normalized spacial score (nSPS) is 29.8. The SMILES string of the molecule is [C-]#[N+]C1=CC(O)(C(C)O)C(O)=C1O. The van der Waals surface area contributed by atoms with E-state index in [1.54, 1.807) is 0 Å². The molecule has 70 valence electrons. The first kappa shape index (κ1) is 9.58. The monoisotopic (exact) mass is 183 g/mol. The summed E-state index contributed by atoms with van der Waals surface area (Å²) >= 11 is 0. The lowest BCUT2D eigenvalue weighted by atomic mass is 9.98. The van der Waals surface area contributed by atoms with Gasteiger partial charge in [0.15, 0.2) is 17.1 Å². The molecule has 0 aliphatic heterocycles. The summed E-state index contributed by atoms with van der Waals surface area (Å²) in [4.78, 5) is 2.87. The van der Waals surface area contributed by atoms with Gasteiger partial charge in [0.2, 0.25) is 5.70 Å². The van der Waals surface area contributed by atoms with Gasteiger partial charge in [-0.3, -0.25) is 0 Å². The highest BCUT2D eigenvalue weighted by Crippen LogP contribution is 2.34. The molecule has 2 unspecified atom stereocenters. The molecule has 0 saturated heterocycles. The molecular formula is C8H9NO4. The number of rotatable bonds is 1. The summed E-state index contributed by atoms with van der Waals surface area (Å²) in [5.41, 5.74) is -2.30. The highest BCUT2D eigenvalue weighted by Gasteiger charge is 2.43. The second-order valence-corrected chi connectivity index (χ2v) is 2.84. The van der Waals surface area contributed by atoms with Crippen molar-refractivity contribution in [2.24, 2.45) is 0 Å². The van der Waals surface area contributed by atoms with Gasteiger partial charge >= 0.3 is 0 Å². The van der Waals surface area contributed by atoms with Crippen molar-refractivity contribution in [3.05, 3.63) is 34.7 Å². The van der Waals surface area contributed by atoms with E-state index in [0.717, 1.165) is 6.08 Å². The zero-order valence-electron chi connectivity index (χ0n) is 6.89. The minimum Gasteiger partial charge on any atom is -0.516 e. The van der Waals surface area contributed by atoms with Crippen molar-refractivity contribution >= 4 is 0 Å². The second kappa shape index (κ2) is 2.76. The number of hydrogen-bond acceptors (Lipinski definition) is 4. The summed E-state index contributed by atoms with van der Waals surface area (Å²) in [5.74, 6) is -1.47. The van der Waals surface area contributed by atoms with Gasteiger partial charge in [-0.05, 0) is 13.0 Å². The van der Waals surface area contributed by atoms with Crippen molar-refractivity contribution in [1.29, 1.82) is 0 Å². The fourth-order valence-electron chi connectivity index (χ4n) is 1.06. The van der Waals surface area contributed by atoms with E-state index in [-0.39, 0.29) is 5.70 Å². The van der Waals surface area contributed by atoms with Gasteiger partial charge in [-0.2, -0.15) is 0 Å². The molecule has 2 atom stereocenters. The Morgan fingerprint density at radius 3 is 2.31 bits per heavy atom. The maximum absolute atomic E-state index is 9.57. The molecule has 0 saturated carbocycles. The lowest BCUT2D eigenvalue weighted by Gasteiger charge is -2.24. The first-order chi connectivity index (χ1) is 5.93. The zero-order chi connectivity index (χ0) is 10.2. The molecule has 5 nitrogen and oxygen atoms in total. The van der Waals surface area contributed by atoms with Crippen LogP contribution in [-0.2, 0) is 0 Å². The van der Waals surface area contributed by atoms with E-state index in [2.05, 4.69) is 4.85 Å². The van der Waals surface area contributed by atoms with Gasteiger partial charge in [0.05, 0.1) is 12.7 Å². The maximum Gasteiger partial charge on any atom is 0.230 e. The van der Waals surface area contributed by atoms with Crippen LogP contribution in [0.4, 0.5) is 0 Å². The van der Waals surface area contributed by atoms with E-state index in [1.807, 2.05) is 0 Å². The van der Waals surface area contributed by atoms with Crippen LogP contribution in [0.1, 0.15) is 6.92 Å². The largest absolute Gasteiger partial charge is 0.516 e. The van der Waals surface area contributed by atoms with E-state index >= 15 is 0 Å². The molecule has 0 amide bonds. The lowest BCUT2D eigenvalue weighted by Crippen LogP contribution is -2.39. The Kier molecular flexibility index (Phi) is 2.04. The van der Waals surface area contributed by atoms with Crippen LogP contribution >= 0.6 is 0 Å². The van der Waals surface area contributed by atoms with Crippen LogP contribution in [0, 0.1) is 6.57 Å². The molecule has 0 aromatic rings. The zero-order valence-corrected chi connectivity index (χ0v) is 6.89. The molecule has 0 aromatic heterocycles. The van der Waals surface area contributed by atoms with Gasteiger partial charge in [-0.15, -0.1) is 0 Å². The predicted octanol–water partition coefficient (Wildman–Crippen LogP) is 0.243. The molecule has 0 radical (unpaired) electrons. The van der Waals surface area contributed by atoms with Crippen molar-refractivity contribution in [3.8, 4) is 0 Å². The van der Waals surface area contributed by atoms with Gasteiger partial charge in [0.25, 0.3) is 0 Å². The molecule has 0 spiro atoms. The molecule has 0 aromatic carbocycles. The number of hydrogen-bond donors (Lipinski definition) is 4. The average molecular weight is 183 g/mol. The predicted molar refractivity (Wildman–Crippen MR) is 43.6 cm³/mol. The van der Waals surface area contributed by atoms with Gasteiger partial charge in [0.1, 0.15) is 0 Å². The van der Waals surface area contributed by atoms with Crippen molar-refractivity contribution in [2.75, 3.05) is 0 Å². The van der Waals surface area contributed by atoms with Crippen molar-refractivity contribution < 1.29 is 20.4 Å². The fraction of sp³-hybridized carbons (Fsp3) is 0.375. The summed E-state index contributed by atoms with van der Waals surface area (Å²) in [6.07, 6.45) is -0.371. The van der Waals surface area contributed by atoms with Gasteiger partial charge in [0, 0.05) is 0 Å². The molecule has 5 heteroatoms. The van der Waals surface area contributed by atoms with Crippen LogP contribution in [0.3, 0.4) is 0 Å². The maximum atomic E-state index is 9.57. The van der Waals surface area contributed by atoms with Gasteiger partial charge in [-0.25, -0.2) is 4.85 Å². The summed E-state index contributed by atoms with van der Waals surface area (Å²) in [7, 11) is 0. The van der Waals surface area contributed by atoms with Crippen molar-refractivity contribution in [1.82, 2.24) is 0 Å². The number of nitrogens with zero attached hydrogens (tertiary/aromatic N) is 1. The fourth-order valence-corrected chi connectivity index (χ4v) is 1.06. The van der Waals surface area contributed by atoms with Crippen LogP contribution in [0.25, 0.3) is 4.85 Å². The first-order valence-electron chi connectivity index (χ1n) is 3.57. The number of aliphatic hydroxyl groups excluding tert-OH is 3. The Balaban J connectivity index is 3.23. The number of aliphatic hydroxyl groups is 4. The van der Waals surface area contributed by atoms with Gasteiger partial charge < -0.3 is 20.4 Å². The highest BCUT2D eigenvalue weighted by atomic mass is 16.4. The molecule has 0 heterocycles. The first-order valence-corrected chi connectivity index (χ1v) is 3.57. The minimum absolute atomic E-state index is 0.263. The van der Waals surface area contributed by atoms with E-state index in [4.69, 9.17) is 16.8 Å². The van der Waals surface area contributed by atoms with Crippen LogP contribution < -0.4 is 0 Å². The van der Waals surface area contributed by atoms with Gasteiger partial charge in [-0.1, -0.05) is 0 Å². The molecule has 4 N–H and O–H groups in total. The van der Waals surface area contributed by atoms with E-state index in [1.165, 1.54) is 6.92 Å². The molecular weight excluding hydrogens is 174 g/mol. The van der Waals surface area contributed by atoms with Crippen LogP contribution in [0.2, 0.25) is 0 Å². The topological polar surface area (TPSA) is 85.3 Å². The Labute approximate surface area is 74.7 Å². The molecule has 0 fully saturated rings. The summed E-state index contributed by atoms with van der Waals surface area (Å²) in [6.45, 7) is 7.84.